The normalized spacial score (nSPS) is 14.4. The van der Waals surface area contributed by atoms with E-state index >= 15 is 0 Å². The van der Waals surface area contributed by atoms with Crippen molar-refractivity contribution in [2.24, 2.45) is 0 Å². The van der Waals surface area contributed by atoms with Crippen LogP contribution in [0, 0.1) is 13.8 Å². The highest BCUT2D eigenvalue weighted by Gasteiger charge is 2.33. The molecule has 0 atom stereocenters. The SMILES string of the molecule is C=CCCOc1ccc(C)cc1-c1cccc(-c2cn3c(N4CCC(C)(OCC=C)CC4)c(CC(=O)OC)c(C)cc3n2)c1. The van der Waals surface area contributed by atoms with E-state index in [2.05, 4.69) is 85.0 Å². The molecule has 4 aromatic rings. The summed E-state index contributed by atoms with van der Waals surface area (Å²) in [6, 6.07) is 16.8. The highest BCUT2D eigenvalue weighted by atomic mass is 16.5. The second-order valence-corrected chi connectivity index (χ2v) is 11.8. The number of nitrogens with zero attached hydrogens (tertiary/aromatic N) is 3. The number of carbonyl (C=O) groups is 1. The van der Waals surface area contributed by atoms with E-state index in [0.29, 0.717) is 13.2 Å². The molecule has 0 aliphatic carbocycles. The van der Waals surface area contributed by atoms with Crippen molar-refractivity contribution in [1.29, 1.82) is 0 Å². The van der Waals surface area contributed by atoms with Crippen LogP contribution >= 0.6 is 0 Å². The van der Waals surface area contributed by atoms with E-state index in [0.717, 1.165) is 83.1 Å². The van der Waals surface area contributed by atoms with Crippen molar-refractivity contribution < 1.29 is 19.0 Å². The van der Waals surface area contributed by atoms with E-state index in [1.54, 1.807) is 6.08 Å². The van der Waals surface area contributed by atoms with Gasteiger partial charge in [-0.2, -0.15) is 0 Å². The fourth-order valence-electron chi connectivity index (χ4n) is 5.88. The molecule has 2 aromatic carbocycles. The summed E-state index contributed by atoms with van der Waals surface area (Å²) in [5.74, 6) is 1.58. The highest BCUT2D eigenvalue weighted by molar-refractivity contribution is 5.79. The molecule has 7 nitrogen and oxygen atoms in total. The number of piperidine rings is 1. The van der Waals surface area contributed by atoms with Crippen LogP contribution in [0.5, 0.6) is 5.75 Å². The van der Waals surface area contributed by atoms with E-state index in [1.807, 2.05) is 19.1 Å². The molecule has 3 heterocycles. The molecule has 1 aliphatic heterocycles. The Morgan fingerprint density at radius 3 is 2.55 bits per heavy atom. The molecule has 5 rings (SSSR count). The zero-order valence-corrected chi connectivity index (χ0v) is 26.4. The summed E-state index contributed by atoms with van der Waals surface area (Å²) in [6.07, 6.45) is 8.46. The molecule has 0 spiro atoms. The largest absolute Gasteiger partial charge is 0.493 e. The van der Waals surface area contributed by atoms with Crippen LogP contribution in [0.3, 0.4) is 0 Å². The Labute approximate surface area is 260 Å². The predicted molar refractivity (Wildman–Crippen MR) is 178 cm³/mol. The maximum Gasteiger partial charge on any atom is 0.310 e. The molecule has 0 radical (unpaired) electrons. The first-order chi connectivity index (χ1) is 21.2. The van der Waals surface area contributed by atoms with Gasteiger partial charge in [-0.15, -0.1) is 13.2 Å². The molecule has 1 aliphatic rings. The van der Waals surface area contributed by atoms with Gasteiger partial charge in [0.1, 0.15) is 17.2 Å². The molecule has 230 valence electrons. The van der Waals surface area contributed by atoms with Crippen LogP contribution in [0.15, 0.2) is 80.0 Å². The fraction of sp³-hybridized carbons (Fsp3) is 0.351. The highest BCUT2D eigenvalue weighted by Crippen LogP contribution is 2.37. The average molecular weight is 594 g/mol. The van der Waals surface area contributed by atoms with Gasteiger partial charge in [0.25, 0.3) is 0 Å². The van der Waals surface area contributed by atoms with Crippen molar-refractivity contribution >= 4 is 17.4 Å². The maximum absolute atomic E-state index is 12.5. The van der Waals surface area contributed by atoms with E-state index in [9.17, 15) is 4.79 Å². The Balaban J connectivity index is 1.55. The van der Waals surface area contributed by atoms with Crippen molar-refractivity contribution in [3.8, 4) is 28.1 Å². The second kappa shape index (κ2) is 13.5. The number of imidazole rings is 1. The summed E-state index contributed by atoms with van der Waals surface area (Å²) in [4.78, 5) is 20.0. The molecule has 44 heavy (non-hydrogen) atoms. The lowest BCUT2D eigenvalue weighted by molar-refractivity contribution is -0.139. The van der Waals surface area contributed by atoms with Gasteiger partial charge in [0, 0.05) is 36.0 Å². The van der Waals surface area contributed by atoms with Gasteiger partial charge >= 0.3 is 5.97 Å². The van der Waals surface area contributed by atoms with Gasteiger partial charge in [-0.25, -0.2) is 4.98 Å². The first kappa shape index (κ1) is 31.1. The van der Waals surface area contributed by atoms with Crippen LogP contribution in [0.2, 0.25) is 0 Å². The molecule has 0 bridgehead atoms. The Morgan fingerprint density at radius 2 is 1.82 bits per heavy atom. The van der Waals surface area contributed by atoms with Gasteiger partial charge in [-0.3, -0.25) is 9.20 Å². The number of anilines is 1. The number of carbonyl (C=O) groups excluding carboxylic acids is 1. The van der Waals surface area contributed by atoms with Crippen LogP contribution in [-0.4, -0.2) is 54.4 Å². The number of esters is 1. The molecular formula is C37H43N3O4. The van der Waals surface area contributed by atoms with Gasteiger partial charge in [0.15, 0.2) is 0 Å². The molecule has 0 N–H and O–H groups in total. The number of benzene rings is 2. The molecule has 0 amide bonds. The van der Waals surface area contributed by atoms with Crippen molar-refractivity contribution in [2.45, 2.75) is 52.1 Å². The molecule has 7 heteroatoms. The van der Waals surface area contributed by atoms with Gasteiger partial charge in [-0.1, -0.05) is 42.0 Å². The smallest absolute Gasteiger partial charge is 0.310 e. The third-order valence-corrected chi connectivity index (χ3v) is 8.46. The Kier molecular flexibility index (Phi) is 9.55. The minimum absolute atomic E-state index is 0.194. The molecular weight excluding hydrogens is 550 g/mol. The van der Waals surface area contributed by atoms with Gasteiger partial charge < -0.3 is 19.1 Å². The van der Waals surface area contributed by atoms with E-state index in [4.69, 9.17) is 19.2 Å². The van der Waals surface area contributed by atoms with Crippen LogP contribution in [0.25, 0.3) is 28.0 Å². The zero-order valence-electron chi connectivity index (χ0n) is 26.4. The van der Waals surface area contributed by atoms with E-state index in [-0.39, 0.29) is 18.0 Å². The monoisotopic (exact) mass is 593 g/mol. The molecule has 1 saturated heterocycles. The number of hydrogen-bond donors (Lipinski definition) is 0. The minimum atomic E-state index is -0.262. The van der Waals surface area contributed by atoms with Crippen molar-refractivity contribution in [2.75, 3.05) is 38.3 Å². The third-order valence-electron chi connectivity index (χ3n) is 8.46. The summed E-state index contributed by atoms with van der Waals surface area (Å²) in [6.45, 7) is 16.6. The van der Waals surface area contributed by atoms with Crippen molar-refractivity contribution in [3.05, 3.63) is 96.7 Å². The Morgan fingerprint density at radius 1 is 1.05 bits per heavy atom. The lowest BCUT2D eigenvalue weighted by Gasteiger charge is -2.41. The number of ether oxygens (including phenoxy) is 3. The Bertz CT molecular complexity index is 1660. The summed E-state index contributed by atoms with van der Waals surface area (Å²) in [5, 5.41) is 0. The third kappa shape index (κ3) is 6.73. The first-order valence-corrected chi connectivity index (χ1v) is 15.3. The zero-order chi connectivity index (χ0) is 31.3. The van der Waals surface area contributed by atoms with Crippen LogP contribution in [0.4, 0.5) is 5.82 Å². The lowest BCUT2D eigenvalue weighted by Crippen LogP contribution is -2.45. The molecule has 0 saturated carbocycles. The van der Waals surface area contributed by atoms with E-state index < -0.39 is 0 Å². The minimum Gasteiger partial charge on any atom is -0.493 e. The number of aryl methyl sites for hydroxylation is 2. The number of fused-ring (bicyclic) bond motifs is 1. The number of methoxy groups -OCH3 is 1. The maximum atomic E-state index is 12.5. The van der Waals surface area contributed by atoms with Crippen molar-refractivity contribution in [1.82, 2.24) is 9.38 Å². The Hall–Kier alpha value is -4.36. The number of hydrogen-bond acceptors (Lipinski definition) is 6. The fourth-order valence-corrected chi connectivity index (χ4v) is 5.88. The summed E-state index contributed by atoms with van der Waals surface area (Å²) < 4.78 is 19.5. The summed E-state index contributed by atoms with van der Waals surface area (Å²) in [5.41, 5.74) is 7.75. The lowest BCUT2D eigenvalue weighted by atomic mass is 9.92. The number of rotatable bonds is 12. The molecule has 2 aromatic heterocycles. The van der Waals surface area contributed by atoms with Crippen LogP contribution in [-0.2, 0) is 20.7 Å². The standard InChI is InChI=1S/C37H43N3O4/c1-7-9-20-43-33-14-13-26(3)21-31(33)28-11-10-12-29(23-28)32-25-40-34(38-32)22-27(4)30(24-35(41)42-6)36(40)39-17-15-37(5,16-18-39)44-19-8-2/h7-8,10-14,21-23,25H,1-2,9,15-20,24H2,3-6H3. The topological polar surface area (TPSA) is 65.3 Å². The quantitative estimate of drug-likeness (QED) is 0.0962. The van der Waals surface area contributed by atoms with Gasteiger partial charge in [0.05, 0.1) is 38.0 Å². The summed E-state index contributed by atoms with van der Waals surface area (Å²) in [7, 11) is 1.44. The van der Waals surface area contributed by atoms with Crippen LogP contribution in [0.1, 0.15) is 42.9 Å². The molecule has 0 unspecified atom stereocenters. The van der Waals surface area contributed by atoms with Gasteiger partial charge in [0.2, 0.25) is 0 Å². The van der Waals surface area contributed by atoms with Crippen LogP contribution < -0.4 is 9.64 Å². The number of pyridine rings is 1. The number of aromatic nitrogens is 2. The predicted octanol–water partition coefficient (Wildman–Crippen LogP) is 7.52. The second-order valence-electron chi connectivity index (χ2n) is 11.8. The van der Waals surface area contributed by atoms with Gasteiger partial charge in [-0.05, 0) is 75.4 Å². The average Bonchev–Trinajstić information content (AvgIpc) is 3.45. The van der Waals surface area contributed by atoms with E-state index in [1.165, 1.54) is 12.7 Å². The van der Waals surface area contributed by atoms with Crippen molar-refractivity contribution in [3.63, 3.8) is 0 Å². The first-order valence-electron chi connectivity index (χ1n) is 15.3. The molecule has 1 fully saturated rings. The summed E-state index contributed by atoms with van der Waals surface area (Å²) >= 11 is 0.